The lowest BCUT2D eigenvalue weighted by atomic mass is 9.94. The van der Waals surface area contributed by atoms with Crippen molar-refractivity contribution in [3.8, 4) is 0 Å². The topological polar surface area (TPSA) is 68.2 Å². The average molecular weight is 296 g/mol. The van der Waals surface area contributed by atoms with Crippen LogP contribution in [0.5, 0.6) is 0 Å². The molecule has 0 aliphatic carbocycles. The number of likely N-dealkylation sites (N-methyl/N-ethyl adjacent to an activating group) is 1. The quantitative estimate of drug-likeness (QED) is 0.642. The summed E-state index contributed by atoms with van der Waals surface area (Å²) in [5, 5.41) is 4.09. The average Bonchev–Trinajstić information content (AvgIpc) is 2.94. The molecule has 0 spiro atoms. The fraction of sp³-hybridized carbons (Fsp3) is 0.875. The van der Waals surface area contributed by atoms with Gasteiger partial charge in [0, 0.05) is 19.4 Å². The molecular weight excluding hydrogens is 264 g/mol. The van der Waals surface area contributed by atoms with Crippen molar-refractivity contribution in [1.82, 2.24) is 15.0 Å². The lowest BCUT2D eigenvalue weighted by Gasteiger charge is -2.16. The van der Waals surface area contributed by atoms with Crippen LogP contribution < -0.4 is 5.73 Å². The largest absolute Gasteiger partial charge is 0.339 e. The third kappa shape index (κ3) is 7.05. The van der Waals surface area contributed by atoms with Gasteiger partial charge in [0.15, 0.2) is 5.82 Å². The van der Waals surface area contributed by atoms with Crippen LogP contribution in [0.3, 0.4) is 0 Å². The molecule has 0 radical (unpaired) electrons. The van der Waals surface area contributed by atoms with Crippen molar-refractivity contribution >= 4 is 0 Å². The van der Waals surface area contributed by atoms with E-state index < -0.39 is 0 Å². The summed E-state index contributed by atoms with van der Waals surface area (Å²) in [5.41, 5.74) is 5.67. The molecule has 0 aromatic carbocycles. The molecule has 0 amide bonds. The van der Waals surface area contributed by atoms with Crippen molar-refractivity contribution in [3.63, 3.8) is 0 Å². The molecule has 0 saturated carbocycles. The van der Waals surface area contributed by atoms with Gasteiger partial charge < -0.3 is 15.2 Å². The zero-order valence-electron chi connectivity index (χ0n) is 14.0. The summed E-state index contributed by atoms with van der Waals surface area (Å²) in [6.45, 7) is 10.5. The van der Waals surface area contributed by atoms with Crippen molar-refractivity contribution in [1.29, 1.82) is 0 Å². The minimum atomic E-state index is 0.686. The Morgan fingerprint density at radius 1 is 1.10 bits per heavy atom. The van der Waals surface area contributed by atoms with Gasteiger partial charge in [0.1, 0.15) is 0 Å². The number of aryl methyl sites for hydroxylation is 1. The van der Waals surface area contributed by atoms with E-state index in [1.54, 1.807) is 0 Å². The summed E-state index contributed by atoms with van der Waals surface area (Å²) < 4.78 is 5.36. The summed E-state index contributed by atoms with van der Waals surface area (Å²) in [5.74, 6) is 2.30. The SMILES string of the molecule is CCCC(CCN)CCc1nc(CCN(CC)CC)no1. The van der Waals surface area contributed by atoms with Crippen LogP contribution in [0.4, 0.5) is 0 Å². The van der Waals surface area contributed by atoms with E-state index in [-0.39, 0.29) is 0 Å². The highest BCUT2D eigenvalue weighted by Crippen LogP contribution is 2.17. The first-order valence-electron chi connectivity index (χ1n) is 8.47. The van der Waals surface area contributed by atoms with Gasteiger partial charge in [-0.3, -0.25) is 0 Å². The summed E-state index contributed by atoms with van der Waals surface area (Å²) in [6, 6.07) is 0. The van der Waals surface area contributed by atoms with Crippen LogP contribution in [-0.4, -0.2) is 41.2 Å². The van der Waals surface area contributed by atoms with Crippen molar-refractivity contribution in [2.45, 2.75) is 59.3 Å². The van der Waals surface area contributed by atoms with E-state index in [1.807, 2.05) is 0 Å². The molecule has 1 unspecified atom stereocenters. The maximum atomic E-state index is 5.67. The van der Waals surface area contributed by atoms with Gasteiger partial charge in [-0.25, -0.2) is 0 Å². The Morgan fingerprint density at radius 3 is 2.48 bits per heavy atom. The van der Waals surface area contributed by atoms with Gasteiger partial charge in [-0.15, -0.1) is 0 Å². The lowest BCUT2D eigenvalue weighted by molar-refractivity contribution is 0.302. The first kappa shape index (κ1) is 18.1. The molecule has 0 aliphatic rings. The van der Waals surface area contributed by atoms with E-state index in [1.165, 1.54) is 12.8 Å². The molecule has 2 N–H and O–H groups in total. The van der Waals surface area contributed by atoms with Gasteiger partial charge in [-0.05, 0) is 38.4 Å². The van der Waals surface area contributed by atoms with E-state index in [0.717, 1.165) is 63.6 Å². The molecule has 5 heteroatoms. The number of rotatable bonds is 12. The normalized spacial score (nSPS) is 13.0. The zero-order chi connectivity index (χ0) is 15.5. The van der Waals surface area contributed by atoms with Crippen molar-refractivity contribution in [3.05, 3.63) is 11.7 Å². The Balaban J connectivity index is 2.36. The van der Waals surface area contributed by atoms with E-state index in [4.69, 9.17) is 10.3 Å². The molecule has 1 rings (SSSR count). The molecule has 0 aliphatic heterocycles. The standard InChI is InChI=1S/C16H32N4O/c1-4-7-14(10-12-17)8-9-16-18-15(19-21-16)11-13-20(5-2)6-3/h14H,4-13,17H2,1-3H3. The molecule has 0 bridgehead atoms. The maximum absolute atomic E-state index is 5.67. The summed E-state index contributed by atoms with van der Waals surface area (Å²) in [6.07, 6.45) is 6.39. The zero-order valence-corrected chi connectivity index (χ0v) is 14.0. The minimum absolute atomic E-state index is 0.686. The number of hydrogen-bond donors (Lipinski definition) is 1. The fourth-order valence-electron chi connectivity index (χ4n) is 2.70. The smallest absolute Gasteiger partial charge is 0.226 e. The highest BCUT2D eigenvalue weighted by molar-refractivity contribution is 4.88. The molecule has 1 aromatic rings. The van der Waals surface area contributed by atoms with Crippen molar-refractivity contribution < 1.29 is 4.52 Å². The van der Waals surface area contributed by atoms with E-state index >= 15 is 0 Å². The van der Waals surface area contributed by atoms with Crippen LogP contribution in [0.25, 0.3) is 0 Å². The second-order valence-corrected chi connectivity index (χ2v) is 5.65. The van der Waals surface area contributed by atoms with Gasteiger partial charge >= 0.3 is 0 Å². The molecule has 21 heavy (non-hydrogen) atoms. The second kappa shape index (κ2) is 10.7. The Kier molecular flexibility index (Phi) is 9.26. The number of hydrogen-bond acceptors (Lipinski definition) is 5. The summed E-state index contributed by atoms with van der Waals surface area (Å²) in [7, 11) is 0. The maximum Gasteiger partial charge on any atom is 0.226 e. The van der Waals surface area contributed by atoms with Crippen LogP contribution in [0.15, 0.2) is 4.52 Å². The van der Waals surface area contributed by atoms with Gasteiger partial charge in [-0.2, -0.15) is 4.98 Å². The number of nitrogens with two attached hydrogens (primary N) is 1. The summed E-state index contributed by atoms with van der Waals surface area (Å²) >= 11 is 0. The van der Waals surface area contributed by atoms with E-state index in [2.05, 4.69) is 35.8 Å². The van der Waals surface area contributed by atoms with Crippen LogP contribution in [-0.2, 0) is 12.8 Å². The molecule has 1 aromatic heterocycles. The number of nitrogens with zero attached hydrogens (tertiary/aromatic N) is 3. The van der Waals surface area contributed by atoms with Crippen LogP contribution in [0, 0.1) is 5.92 Å². The Morgan fingerprint density at radius 2 is 1.86 bits per heavy atom. The molecule has 5 nitrogen and oxygen atoms in total. The monoisotopic (exact) mass is 296 g/mol. The predicted molar refractivity (Wildman–Crippen MR) is 86.2 cm³/mol. The van der Waals surface area contributed by atoms with Crippen LogP contribution in [0.2, 0.25) is 0 Å². The van der Waals surface area contributed by atoms with Gasteiger partial charge in [-0.1, -0.05) is 38.8 Å². The first-order chi connectivity index (χ1) is 10.2. The highest BCUT2D eigenvalue weighted by atomic mass is 16.5. The first-order valence-corrected chi connectivity index (χ1v) is 8.47. The molecule has 0 saturated heterocycles. The predicted octanol–water partition coefficient (Wildman–Crippen LogP) is 2.65. The van der Waals surface area contributed by atoms with E-state index in [9.17, 15) is 0 Å². The third-order valence-corrected chi connectivity index (χ3v) is 4.09. The van der Waals surface area contributed by atoms with Gasteiger partial charge in [0.25, 0.3) is 0 Å². The van der Waals surface area contributed by atoms with Crippen LogP contribution in [0.1, 0.15) is 58.2 Å². The molecule has 1 heterocycles. The van der Waals surface area contributed by atoms with Crippen molar-refractivity contribution in [2.75, 3.05) is 26.2 Å². The molecule has 0 fully saturated rings. The Hall–Kier alpha value is -0.940. The molecule has 1 atom stereocenters. The lowest BCUT2D eigenvalue weighted by Crippen LogP contribution is -2.25. The summed E-state index contributed by atoms with van der Waals surface area (Å²) in [4.78, 5) is 6.88. The van der Waals surface area contributed by atoms with Crippen molar-refractivity contribution in [2.24, 2.45) is 11.7 Å². The Bertz CT molecular complexity index is 357. The van der Waals surface area contributed by atoms with Crippen LogP contribution >= 0.6 is 0 Å². The minimum Gasteiger partial charge on any atom is -0.339 e. The van der Waals surface area contributed by atoms with Gasteiger partial charge in [0.05, 0.1) is 0 Å². The van der Waals surface area contributed by atoms with E-state index in [0.29, 0.717) is 5.92 Å². The third-order valence-electron chi connectivity index (χ3n) is 4.09. The second-order valence-electron chi connectivity index (χ2n) is 5.65. The molecular formula is C16H32N4O. The Labute approximate surface area is 129 Å². The highest BCUT2D eigenvalue weighted by Gasteiger charge is 2.12. The number of aromatic nitrogens is 2. The molecule has 122 valence electrons. The van der Waals surface area contributed by atoms with Gasteiger partial charge in [0.2, 0.25) is 5.89 Å². The fourth-order valence-corrected chi connectivity index (χ4v) is 2.70.